The number of benzene rings is 2. The first-order valence-electron chi connectivity index (χ1n) is 8.62. The Morgan fingerprint density at radius 1 is 1.18 bits per heavy atom. The van der Waals surface area contributed by atoms with Gasteiger partial charge in [0.05, 0.1) is 13.7 Å². The van der Waals surface area contributed by atoms with Crippen molar-refractivity contribution in [2.45, 2.75) is 13.8 Å². The van der Waals surface area contributed by atoms with Gasteiger partial charge in [0.2, 0.25) is 5.90 Å². The van der Waals surface area contributed by atoms with Crippen molar-refractivity contribution in [1.82, 2.24) is 0 Å². The van der Waals surface area contributed by atoms with Crippen LogP contribution in [0.3, 0.4) is 0 Å². The fourth-order valence-corrected chi connectivity index (χ4v) is 2.57. The predicted molar refractivity (Wildman–Crippen MR) is 103 cm³/mol. The normalized spacial score (nSPS) is 14.5. The molecule has 0 amide bonds. The molecule has 0 aliphatic carbocycles. The highest BCUT2D eigenvalue weighted by Crippen LogP contribution is 2.30. The van der Waals surface area contributed by atoms with Gasteiger partial charge < -0.3 is 18.9 Å². The molecular formula is C21H19NO6. The third-order valence-electron chi connectivity index (χ3n) is 3.76. The van der Waals surface area contributed by atoms with Crippen molar-refractivity contribution in [3.05, 3.63) is 59.3 Å². The molecule has 2 aromatic carbocycles. The Kier molecular flexibility index (Phi) is 5.74. The van der Waals surface area contributed by atoms with E-state index in [-0.39, 0.29) is 11.6 Å². The molecule has 0 bridgehead atoms. The van der Waals surface area contributed by atoms with Crippen molar-refractivity contribution in [2.75, 3.05) is 13.7 Å². The van der Waals surface area contributed by atoms with E-state index in [4.69, 9.17) is 18.9 Å². The number of hydrogen-bond acceptors (Lipinski definition) is 7. The molecule has 144 valence electrons. The third-order valence-corrected chi connectivity index (χ3v) is 3.76. The Balaban J connectivity index is 1.91. The summed E-state index contributed by atoms with van der Waals surface area (Å²) in [5.41, 5.74) is 1.44. The molecule has 1 aliphatic rings. The molecule has 0 radical (unpaired) electrons. The van der Waals surface area contributed by atoms with Crippen LogP contribution in [0.25, 0.3) is 6.08 Å². The largest absolute Gasteiger partial charge is 0.497 e. The van der Waals surface area contributed by atoms with Crippen molar-refractivity contribution in [3.63, 3.8) is 0 Å². The van der Waals surface area contributed by atoms with Crippen LogP contribution in [0.15, 0.2) is 53.2 Å². The van der Waals surface area contributed by atoms with Crippen LogP contribution in [0, 0.1) is 0 Å². The minimum Gasteiger partial charge on any atom is -0.497 e. The van der Waals surface area contributed by atoms with Gasteiger partial charge in [-0.1, -0.05) is 12.1 Å². The molecule has 0 saturated heterocycles. The van der Waals surface area contributed by atoms with Gasteiger partial charge in [0.25, 0.3) is 0 Å². The number of ether oxygens (including phenoxy) is 4. The Labute approximate surface area is 162 Å². The highest BCUT2D eigenvalue weighted by Gasteiger charge is 2.24. The lowest BCUT2D eigenvalue weighted by molar-refractivity contribution is -0.132. The molecular weight excluding hydrogens is 362 g/mol. The van der Waals surface area contributed by atoms with Crippen LogP contribution in [0.4, 0.5) is 0 Å². The topological polar surface area (TPSA) is 83.4 Å². The first-order valence-corrected chi connectivity index (χ1v) is 8.62. The molecule has 28 heavy (non-hydrogen) atoms. The third kappa shape index (κ3) is 4.37. The van der Waals surface area contributed by atoms with E-state index in [2.05, 4.69) is 4.99 Å². The summed E-state index contributed by atoms with van der Waals surface area (Å²) in [5.74, 6) is 0.549. The Hall–Kier alpha value is -3.61. The van der Waals surface area contributed by atoms with Gasteiger partial charge in [0.1, 0.15) is 5.75 Å². The molecule has 0 saturated carbocycles. The van der Waals surface area contributed by atoms with Crippen LogP contribution < -0.4 is 14.2 Å². The summed E-state index contributed by atoms with van der Waals surface area (Å²) in [4.78, 5) is 27.7. The van der Waals surface area contributed by atoms with E-state index in [0.29, 0.717) is 35.0 Å². The monoisotopic (exact) mass is 381 g/mol. The van der Waals surface area contributed by atoms with Gasteiger partial charge in [-0.2, -0.15) is 0 Å². The van der Waals surface area contributed by atoms with Crippen molar-refractivity contribution in [3.8, 4) is 17.2 Å². The summed E-state index contributed by atoms with van der Waals surface area (Å²) in [7, 11) is 1.56. The fourth-order valence-electron chi connectivity index (χ4n) is 2.57. The second kappa shape index (κ2) is 8.39. The summed E-state index contributed by atoms with van der Waals surface area (Å²) in [6.07, 6.45) is 1.58. The smallest absolute Gasteiger partial charge is 0.363 e. The van der Waals surface area contributed by atoms with E-state index in [1.165, 1.54) is 6.92 Å². The second-order valence-corrected chi connectivity index (χ2v) is 5.80. The molecule has 0 aromatic heterocycles. The zero-order chi connectivity index (χ0) is 20.1. The van der Waals surface area contributed by atoms with Crippen molar-refractivity contribution in [2.24, 2.45) is 4.99 Å². The number of methoxy groups -OCH3 is 1. The Bertz CT molecular complexity index is 977. The molecule has 1 heterocycles. The zero-order valence-corrected chi connectivity index (χ0v) is 15.7. The van der Waals surface area contributed by atoms with Crippen LogP contribution in [-0.2, 0) is 14.3 Å². The quantitative estimate of drug-likeness (QED) is 0.433. The van der Waals surface area contributed by atoms with Crippen LogP contribution in [0.1, 0.15) is 25.0 Å². The summed E-state index contributed by atoms with van der Waals surface area (Å²) in [5, 5.41) is 0. The maximum Gasteiger partial charge on any atom is 0.363 e. The number of esters is 2. The molecule has 1 aliphatic heterocycles. The van der Waals surface area contributed by atoms with Crippen LogP contribution in [0.5, 0.6) is 17.2 Å². The van der Waals surface area contributed by atoms with Crippen LogP contribution in [-0.4, -0.2) is 31.6 Å². The number of carbonyl (C=O) groups is 2. The SMILES string of the molecule is CCOc1cc(/C=C2\N=C(c3cccc(OC)c3)OC2=O)ccc1OC(C)=O. The zero-order valence-electron chi connectivity index (χ0n) is 15.7. The van der Waals surface area contributed by atoms with Gasteiger partial charge >= 0.3 is 11.9 Å². The van der Waals surface area contributed by atoms with Gasteiger partial charge in [-0.25, -0.2) is 9.79 Å². The van der Waals surface area contributed by atoms with Crippen LogP contribution >= 0.6 is 0 Å². The van der Waals surface area contributed by atoms with E-state index in [1.807, 2.05) is 6.92 Å². The number of nitrogens with zero attached hydrogens (tertiary/aromatic N) is 1. The average Bonchev–Trinajstić information content (AvgIpc) is 3.04. The predicted octanol–water partition coefficient (Wildman–Crippen LogP) is 3.36. The lowest BCUT2D eigenvalue weighted by Crippen LogP contribution is -2.05. The maximum atomic E-state index is 12.2. The second-order valence-electron chi connectivity index (χ2n) is 5.80. The Morgan fingerprint density at radius 3 is 2.71 bits per heavy atom. The molecule has 2 aromatic rings. The average molecular weight is 381 g/mol. The van der Waals surface area contributed by atoms with Gasteiger partial charge in [0, 0.05) is 12.5 Å². The number of hydrogen-bond donors (Lipinski definition) is 0. The summed E-state index contributed by atoms with van der Waals surface area (Å²) in [6.45, 7) is 3.53. The number of cyclic esters (lactones) is 1. The van der Waals surface area contributed by atoms with Crippen molar-refractivity contribution in [1.29, 1.82) is 0 Å². The highest BCUT2D eigenvalue weighted by atomic mass is 16.6. The first-order chi connectivity index (χ1) is 13.5. The van der Waals surface area contributed by atoms with Gasteiger partial charge in [0.15, 0.2) is 17.2 Å². The summed E-state index contributed by atoms with van der Waals surface area (Å²) < 4.78 is 21.1. The lowest BCUT2D eigenvalue weighted by atomic mass is 10.1. The van der Waals surface area contributed by atoms with E-state index >= 15 is 0 Å². The minimum absolute atomic E-state index is 0.153. The summed E-state index contributed by atoms with van der Waals surface area (Å²) in [6, 6.07) is 12.0. The molecule has 0 spiro atoms. The van der Waals surface area contributed by atoms with E-state index in [1.54, 1.807) is 55.7 Å². The number of aliphatic imine (C=N–C) groups is 1. The van der Waals surface area contributed by atoms with Gasteiger partial charge in [-0.05, 0) is 48.9 Å². The minimum atomic E-state index is -0.556. The summed E-state index contributed by atoms with van der Waals surface area (Å²) >= 11 is 0. The molecule has 3 rings (SSSR count). The first kappa shape index (κ1) is 19.2. The highest BCUT2D eigenvalue weighted by molar-refractivity contribution is 6.13. The van der Waals surface area contributed by atoms with Gasteiger partial charge in [-0.15, -0.1) is 0 Å². The van der Waals surface area contributed by atoms with Crippen molar-refractivity contribution >= 4 is 23.9 Å². The van der Waals surface area contributed by atoms with E-state index in [9.17, 15) is 9.59 Å². The molecule has 7 heteroatoms. The maximum absolute atomic E-state index is 12.2. The molecule has 0 fully saturated rings. The van der Waals surface area contributed by atoms with E-state index in [0.717, 1.165) is 0 Å². The fraction of sp³-hybridized carbons (Fsp3) is 0.190. The lowest BCUT2D eigenvalue weighted by Gasteiger charge is -2.10. The number of rotatable bonds is 6. The van der Waals surface area contributed by atoms with Crippen LogP contribution in [0.2, 0.25) is 0 Å². The van der Waals surface area contributed by atoms with Crippen molar-refractivity contribution < 1.29 is 28.5 Å². The van der Waals surface area contributed by atoms with E-state index < -0.39 is 11.9 Å². The standard InChI is InChI=1S/C21H19NO6/c1-4-26-19-11-14(8-9-18(19)27-13(2)23)10-17-21(24)28-20(22-17)15-6-5-7-16(12-15)25-3/h5-12H,4H2,1-3H3/b17-10-. The number of carbonyl (C=O) groups excluding carboxylic acids is 2. The van der Waals surface area contributed by atoms with Gasteiger partial charge in [-0.3, -0.25) is 4.79 Å². The Morgan fingerprint density at radius 2 is 2.00 bits per heavy atom. The molecule has 0 N–H and O–H groups in total. The molecule has 7 nitrogen and oxygen atoms in total. The molecule has 0 unspecified atom stereocenters. The molecule has 0 atom stereocenters.